The number of thiophene rings is 1. The Hall–Kier alpha value is -2.15. The first kappa shape index (κ1) is 24.0. The molecule has 180 valence electrons. The second kappa shape index (κ2) is 9.24. The van der Waals surface area contributed by atoms with Crippen molar-refractivity contribution in [1.29, 1.82) is 0 Å². The van der Waals surface area contributed by atoms with Crippen LogP contribution in [0.5, 0.6) is 0 Å². The first-order valence-electron chi connectivity index (χ1n) is 10.5. The first-order valence-corrected chi connectivity index (χ1v) is 12.9. The molecule has 7 nitrogen and oxygen atoms in total. The molecular weight excluding hydrogens is 477 g/mol. The van der Waals surface area contributed by atoms with E-state index in [1.54, 1.807) is 17.5 Å². The quantitative estimate of drug-likeness (QED) is 0.680. The van der Waals surface area contributed by atoms with Crippen LogP contribution < -0.4 is 10.2 Å². The van der Waals surface area contributed by atoms with Crippen LogP contribution in [0.1, 0.15) is 12.5 Å². The standard InChI is InChI=1S/C21H25F3N4O3S2/c1-15-11-25-19(29)14-26(15)12-18-13-27(33(30,31)20-3-2-10-32-20)8-9-28(18)17-6-4-16(5-7-17)21(22,23)24/h2-7,10,15,18H,8-9,11-14H2,1H3,(H,25,29)/t15-,18-/m0/s1. The van der Waals surface area contributed by atoms with E-state index in [2.05, 4.69) is 5.32 Å². The van der Waals surface area contributed by atoms with Crippen molar-refractivity contribution in [2.45, 2.75) is 29.4 Å². The van der Waals surface area contributed by atoms with Crippen LogP contribution in [0.25, 0.3) is 0 Å². The van der Waals surface area contributed by atoms with E-state index in [1.807, 2.05) is 16.7 Å². The van der Waals surface area contributed by atoms with Crippen molar-refractivity contribution in [1.82, 2.24) is 14.5 Å². The molecule has 2 atom stereocenters. The molecule has 2 aliphatic rings. The Labute approximate surface area is 194 Å². The minimum atomic E-state index is -4.43. The predicted molar refractivity (Wildman–Crippen MR) is 120 cm³/mol. The number of rotatable bonds is 5. The fourth-order valence-electron chi connectivity index (χ4n) is 4.22. The van der Waals surface area contributed by atoms with Gasteiger partial charge in [0.2, 0.25) is 5.91 Å². The highest BCUT2D eigenvalue weighted by Gasteiger charge is 2.37. The van der Waals surface area contributed by atoms with Gasteiger partial charge in [-0.3, -0.25) is 9.69 Å². The summed E-state index contributed by atoms with van der Waals surface area (Å²) in [4.78, 5) is 15.9. The zero-order valence-corrected chi connectivity index (χ0v) is 19.6. The molecule has 0 aliphatic carbocycles. The molecule has 0 unspecified atom stereocenters. The molecule has 1 aromatic carbocycles. The number of alkyl halides is 3. The van der Waals surface area contributed by atoms with Gasteiger partial charge in [-0.05, 0) is 42.6 Å². The molecule has 1 aromatic heterocycles. The maximum Gasteiger partial charge on any atom is 0.416 e. The molecule has 0 spiro atoms. The van der Waals surface area contributed by atoms with Crippen molar-refractivity contribution in [3.8, 4) is 0 Å². The molecule has 1 N–H and O–H groups in total. The fourth-order valence-corrected chi connectivity index (χ4v) is 6.84. The SMILES string of the molecule is C[C@H]1CNC(=O)CN1C[C@H]1CN(S(=O)(=O)c2cccs2)CCN1c1ccc(C(F)(F)F)cc1. The highest BCUT2D eigenvalue weighted by molar-refractivity contribution is 7.91. The van der Waals surface area contributed by atoms with E-state index in [0.717, 1.165) is 23.5 Å². The van der Waals surface area contributed by atoms with Gasteiger partial charge in [0, 0.05) is 44.5 Å². The van der Waals surface area contributed by atoms with Crippen molar-refractivity contribution < 1.29 is 26.4 Å². The Kier molecular flexibility index (Phi) is 6.72. The Bertz CT molecular complexity index is 1080. The molecule has 2 aliphatic heterocycles. The Morgan fingerprint density at radius 3 is 2.52 bits per heavy atom. The third-order valence-electron chi connectivity index (χ3n) is 6.07. The van der Waals surface area contributed by atoms with E-state index in [1.165, 1.54) is 16.4 Å². The minimum Gasteiger partial charge on any atom is -0.365 e. The number of piperazine rings is 2. The lowest BCUT2D eigenvalue weighted by Crippen LogP contribution is -2.62. The molecule has 0 radical (unpaired) electrons. The minimum absolute atomic E-state index is 0.0569. The average molecular weight is 503 g/mol. The summed E-state index contributed by atoms with van der Waals surface area (Å²) in [6.45, 7) is 3.78. The van der Waals surface area contributed by atoms with Crippen molar-refractivity contribution in [3.05, 3.63) is 47.3 Å². The Morgan fingerprint density at radius 1 is 1.15 bits per heavy atom. The molecule has 2 saturated heterocycles. The van der Waals surface area contributed by atoms with Gasteiger partial charge in [0.25, 0.3) is 10.0 Å². The molecule has 1 amide bonds. The maximum absolute atomic E-state index is 13.1. The number of hydrogen-bond donors (Lipinski definition) is 1. The van der Waals surface area contributed by atoms with E-state index < -0.39 is 21.8 Å². The van der Waals surface area contributed by atoms with Gasteiger partial charge in [0.1, 0.15) is 4.21 Å². The van der Waals surface area contributed by atoms with E-state index in [0.29, 0.717) is 25.3 Å². The highest BCUT2D eigenvalue weighted by atomic mass is 32.2. The van der Waals surface area contributed by atoms with E-state index in [-0.39, 0.29) is 41.8 Å². The monoisotopic (exact) mass is 502 g/mol. The molecule has 12 heteroatoms. The Balaban J connectivity index is 1.60. The lowest BCUT2D eigenvalue weighted by Gasteiger charge is -2.45. The predicted octanol–water partition coefficient (Wildman–Crippen LogP) is 2.47. The van der Waals surface area contributed by atoms with Gasteiger partial charge in [-0.1, -0.05) is 6.07 Å². The number of anilines is 1. The van der Waals surface area contributed by atoms with Gasteiger partial charge in [-0.2, -0.15) is 17.5 Å². The smallest absolute Gasteiger partial charge is 0.365 e. The van der Waals surface area contributed by atoms with Crippen LogP contribution in [0, 0.1) is 0 Å². The third-order valence-corrected chi connectivity index (χ3v) is 9.31. The summed E-state index contributed by atoms with van der Waals surface area (Å²) < 4.78 is 67.0. The van der Waals surface area contributed by atoms with E-state index in [4.69, 9.17) is 0 Å². The second-order valence-electron chi connectivity index (χ2n) is 8.27. The van der Waals surface area contributed by atoms with Crippen molar-refractivity contribution >= 4 is 33.0 Å². The van der Waals surface area contributed by atoms with Gasteiger partial charge in [-0.15, -0.1) is 11.3 Å². The number of halogens is 3. The summed E-state index contributed by atoms with van der Waals surface area (Å²) in [5.41, 5.74) is -0.140. The number of sulfonamides is 1. The van der Waals surface area contributed by atoms with Crippen LogP contribution in [0.4, 0.5) is 18.9 Å². The van der Waals surface area contributed by atoms with E-state index >= 15 is 0 Å². The zero-order chi connectivity index (χ0) is 23.8. The van der Waals surface area contributed by atoms with Crippen molar-refractivity contribution in [2.24, 2.45) is 0 Å². The van der Waals surface area contributed by atoms with Gasteiger partial charge in [-0.25, -0.2) is 8.42 Å². The molecule has 2 fully saturated rings. The number of carbonyl (C=O) groups is 1. The molecule has 0 bridgehead atoms. The zero-order valence-electron chi connectivity index (χ0n) is 18.0. The van der Waals surface area contributed by atoms with Crippen molar-refractivity contribution in [3.63, 3.8) is 0 Å². The third kappa shape index (κ3) is 5.18. The number of nitrogens with zero attached hydrogens (tertiary/aromatic N) is 3. The normalized spacial score (nSPS) is 23.5. The summed E-state index contributed by atoms with van der Waals surface area (Å²) in [6, 6.07) is 7.89. The van der Waals surface area contributed by atoms with Crippen LogP contribution in [-0.4, -0.2) is 74.9 Å². The number of carbonyl (C=O) groups excluding carboxylic acids is 1. The number of amides is 1. The first-order chi connectivity index (χ1) is 15.6. The van der Waals surface area contributed by atoms with E-state index in [9.17, 15) is 26.4 Å². The molecule has 0 saturated carbocycles. The molecule has 3 heterocycles. The molecular formula is C21H25F3N4O3S2. The van der Waals surface area contributed by atoms with Crippen LogP contribution in [0.15, 0.2) is 46.0 Å². The largest absolute Gasteiger partial charge is 0.416 e. The van der Waals surface area contributed by atoms with Crippen LogP contribution >= 0.6 is 11.3 Å². The van der Waals surface area contributed by atoms with Crippen LogP contribution in [-0.2, 0) is 21.0 Å². The summed E-state index contributed by atoms with van der Waals surface area (Å²) >= 11 is 1.15. The summed E-state index contributed by atoms with van der Waals surface area (Å²) in [6.07, 6.45) is -4.43. The summed E-state index contributed by atoms with van der Waals surface area (Å²) in [5, 5.41) is 4.51. The lowest BCUT2D eigenvalue weighted by molar-refractivity contribution is -0.137. The van der Waals surface area contributed by atoms with Gasteiger partial charge < -0.3 is 10.2 Å². The number of nitrogens with one attached hydrogen (secondary N) is 1. The number of benzene rings is 1. The maximum atomic E-state index is 13.1. The topological polar surface area (TPSA) is 73.0 Å². The van der Waals surface area contributed by atoms with Gasteiger partial charge >= 0.3 is 6.18 Å². The molecule has 2 aromatic rings. The fraction of sp³-hybridized carbons (Fsp3) is 0.476. The summed E-state index contributed by atoms with van der Waals surface area (Å²) in [5.74, 6) is -0.104. The van der Waals surface area contributed by atoms with Gasteiger partial charge in [0.05, 0.1) is 18.2 Å². The van der Waals surface area contributed by atoms with Gasteiger partial charge in [0.15, 0.2) is 0 Å². The molecule has 33 heavy (non-hydrogen) atoms. The van der Waals surface area contributed by atoms with Crippen LogP contribution in [0.2, 0.25) is 0 Å². The summed E-state index contributed by atoms with van der Waals surface area (Å²) in [7, 11) is -3.67. The Morgan fingerprint density at radius 2 is 1.88 bits per heavy atom. The highest BCUT2D eigenvalue weighted by Crippen LogP contribution is 2.32. The number of hydrogen-bond acceptors (Lipinski definition) is 6. The van der Waals surface area contributed by atoms with Crippen LogP contribution in [0.3, 0.4) is 0 Å². The average Bonchev–Trinajstić information content (AvgIpc) is 3.32. The van der Waals surface area contributed by atoms with Crippen molar-refractivity contribution in [2.75, 3.05) is 44.2 Å². The molecule has 4 rings (SSSR count). The lowest BCUT2D eigenvalue weighted by atomic mass is 10.1. The second-order valence-corrected chi connectivity index (χ2v) is 11.4.